The Kier molecular flexibility index (Phi) is 5.09. The van der Waals surface area contributed by atoms with Crippen LogP contribution < -0.4 is 4.80 Å². The molecule has 0 fully saturated rings. The highest BCUT2D eigenvalue weighted by Crippen LogP contribution is 2.22. The van der Waals surface area contributed by atoms with Gasteiger partial charge in [-0.2, -0.15) is 4.99 Å². The molecule has 3 nitrogen and oxygen atoms in total. The van der Waals surface area contributed by atoms with Crippen LogP contribution in [-0.2, 0) is 6.54 Å². The second kappa shape index (κ2) is 7.09. The van der Waals surface area contributed by atoms with Crippen molar-refractivity contribution < 1.29 is 4.79 Å². The molecule has 0 aliphatic carbocycles. The average Bonchev–Trinajstić information content (AvgIpc) is 2.84. The largest absolute Gasteiger partial charge is 0.316 e. The predicted octanol–water partition coefficient (Wildman–Crippen LogP) is 5.47. The highest BCUT2D eigenvalue weighted by molar-refractivity contribution is 7.16. The molecule has 0 radical (unpaired) electrons. The summed E-state index contributed by atoms with van der Waals surface area (Å²) in [6, 6.07) is 11.1. The molecule has 1 aromatic heterocycles. The Labute approximate surface area is 154 Å². The summed E-state index contributed by atoms with van der Waals surface area (Å²) < 4.78 is 3.21. The van der Waals surface area contributed by atoms with Crippen molar-refractivity contribution in [2.24, 2.45) is 4.99 Å². The maximum atomic E-state index is 12.5. The Morgan fingerprint density at radius 2 is 2.00 bits per heavy atom. The SMILES string of the molecule is CCCn1c(=NC(=O)c2ccc(Cl)cc2Cl)sc2cc(C)ccc21. The standard InChI is InChI=1S/C18H16Cl2N2OS/c1-3-8-22-15-7-4-11(2)9-16(15)24-18(22)21-17(23)13-6-5-12(19)10-14(13)20/h4-7,9-10H,3,8H2,1-2H3. The van der Waals surface area contributed by atoms with E-state index in [1.807, 2.05) is 0 Å². The summed E-state index contributed by atoms with van der Waals surface area (Å²) in [4.78, 5) is 17.6. The molecule has 6 heteroatoms. The molecule has 0 saturated carbocycles. The lowest BCUT2D eigenvalue weighted by Gasteiger charge is -2.03. The molecule has 0 unspecified atom stereocenters. The summed E-state index contributed by atoms with van der Waals surface area (Å²) in [7, 11) is 0. The van der Waals surface area contributed by atoms with E-state index in [1.54, 1.807) is 18.2 Å². The fourth-order valence-electron chi connectivity index (χ4n) is 2.52. The molecule has 0 N–H and O–H groups in total. The Hall–Kier alpha value is -1.62. The first-order valence-electron chi connectivity index (χ1n) is 7.63. The minimum atomic E-state index is -0.357. The molecule has 1 amide bonds. The van der Waals surface area contributed by atoms with Crippen LogP contribution in [0, 0.1) is 6.92 Å². The van der Waals surface area contributed by atoms with E-state index >= 15 is 0 Å². The van der Waals surface area contributed by atoms with Gasteiger partial charge in [-0.05, 0) is 49.2 Å². The van der Waals surface area contributed by atoms with E-state index in [4.69, 9.17) is 23.2 Å². The summed E-state index contributed by atoms with van der Waals surface area (Å²) in [5, 5.41) is 0.810. The molecule has 0 spiro atoms. The number of nitrogens with zero attached hydrogens (tertiary/aromatic N) is 2. The van der Waals surface area contributed by atoms with Crippen molar-refractivity contribution in [2.45, 2.75) is 26.8 Å². The number of carbonyl (C=O) groups excluding carboxylic acids is 1. The van der Waals surface area contributed by atoms with Gasteiger partial charge in [0.15, 0.2) is 4.80 Å². The van der Waals surface area contributed by atoms with Crippen molar-refractivity contribution in [3.8, 4) is 0 Å². The van der Waals surface area contributed by atoms with Crippen LogP contribution in [0.25, 0.3) is 10.2 Å². The predicted molar refractivity (Wildman–Crippen MR) is 101 cm³/mol. The molecule has 0 aliphatic rings. The fourth-order valence-corrected chi connectivity index (χ4v) is 4.16. The topological polar surface area (TPSA) is 34.4 Å². The summed E-state index contributed by atoms with van der Waals surface area (Å²) in [5.41, 5.74) is 2.64. The Morgan fingerprint density at radius 1 is 1.21 bits per heavy atom. The Morgan fingerprint density at radius 3 is 2.71 bits per heavy atom. The van der Waals surface area contributed by atoms with Gasteiger partial charge in [-0.25, -0.2) is 0 Å². The number of amides is 1. The second-order valence-electron chi connectivity index (χ2n) is 5.55. The lowest BCUT2D eigenvalue weighted by atomic mass is 10.2. The number of rotatable bonds is 3. The Bertz CT molecular complexity index is 988. The first-order valence-corrected chi connectivity index (χ1v) is 9.21. The zero-order valence-electron chi connectivity index (χ0n) is 13.3. The van der Waals surface area contributed by atoms with Crippen LogP contribution in [-0.4, -0.2) is 10.5 Å². The van der Waals surface area contributed by atoms with Gasteiger partial charge in [0.05, 0.1) is 20.8 Å². The molecular weight excluding hydrogens is 363 g/mol. The average molecular weight is 379 g/mol. The number of halogens is 2. The van der Waals surface area contributed by atoms with Gasteiger partial charge in [-0.15, -0.1) is 0 Å². The fraction of sp³-hybridized carbons (Fsp3) is 0.222. The normalized spacial score (nSPS) is 12.1. The molecule has 1 heterocycles. The van der Waals surface area contributed by atoms with Gasteiger partial charge in [0.2, 0.25) is 0 Å². The minimum Gasteiger partial charge on any atom is -0.316 e. The monoisotopic (exact) mass is 378 g/mol. The van der Waals surface area contributed by atoms with Crippen LogP contribution in [0.3, 0.4) is 0 Å². The number of thiazole rings is 1. The minimum absolute atomic E-state index is 0.315. The second-order valence-corrected chi connectivity index (χ2v) is 7.40. The van der Waals surface area contributed by atoms with Gasteiger partial charge in [-0.1, -0.05) is 47.5 Å². The van der Waals surface area contributed by atoms with E-state index in [0.717, 1.165) is 23.2 Å². The van der Waals surface area contributed by atoms with E-state index in [0.29, 0.717) is 20.4 Å². The zero-order chi connectivity index (χ0) is 17.3. The maximum Gasteiger partial charge on any atom is 0.281 e. The summed E-state index contributed by atoms with van der Waals surface area (Å²) in [6.45, 7) is 4.97. The van der Waals surface area contributed by atoms with Crippen LogP contribution in [0.1, 0.15) is 29.3 Å². The van der Waals surface area contributed by atoms with Gasteiger partial charge < -0.3 is 4.57 Å². The van der Waals surface area contributed by atoms with Crippen LogP contribution >= 0.6 is 34.5 Å². The molecule has 24 heavy (non-hydrogen) atoms. The number of hydrogen-bond acceptors (Lipinski definition) is 2. The lowest BCUT2D eigenvalue weighted by molar-refractivity contribution is 0.0998. The van der Waals surface area contributed by atoms with E-state index < -0.39 is 0 Å². The molecule has 3 rings (SSSR count). The first-order chi connectivity index (χ1) is 11.5. The van der Waals surface area contributed by atoms with Crippen LogP contribution in [0.2, 0.25) is 10.0 Å². The quantitative estimate of drug-likeness (QED) is 0.594. The molecular formula is C18H16Cl2N2OS. The summed E-state index contributed by atoms with van der Waals surface area (Å²) >= 11 is 13.5. The molecule has 0 bridgehead atoms. The smallest absolute Gasteiger partial charge is 0.281 e. The van der Waals surface area contributed by atoms with Crippen molar-refractivity contribution in [3.05, 3.63) is 62.4 Å². The van der Waals surface area contributed by atoms with Crippen molar-refractivity contribution >= 4 is 50.7 Å². The van der Waals surface area contributed by atoms with Crippen molar-refractivity contribution in [3.63, 3.8) is 0 Å². The molecule has 3 aromatic rings. The van der Waals surface area contributed by atoms with Crippen LogP contribution in [0.15, 0.2) is 41.4 Å². The van der Waals surface area contributed by atoms with Crippen molar-refractivity contribution in [1.82, 2.24) is 4.57 Å². The van der Waals surface area contributed by atoms with E-state index in [-0.39, 0.29) is 5.91 Å². The molecule has 0 aliphatic heterocycles. The van der Waals surface area contributed by atoms with Crippen molar-refractivity contribution in [1.29, 1.82) is 0 Å². The number of aromatic nitrogens is 1. The third-order valence-corrected chi connectivity index (χ3v) is 5.23. The molecule has 0 saturated heterocycles. The van der Waals surface area contributed by atoms with E-state index in [2.05, 4.69) is 41.6 Å². The maximum absolute atomic E-state index is 12.5. The van der Waals surface area contributed by atoms with Crippen LogP contribution in [0.4, 0.5) is 0 Å². The van der Waals surface area contributed by atoms with Crippen molar-refractivity contribution in [2.75, 3.05) is 0 Å². The van der Waals surface area contributed by atoms with Gasteiger partial charge in [0, 0.05) is 11.6 Å². The number of hydrogen-bond donors (Lipinski definition) is 0. The number of fused-ring (bicyclic) bond motifs is 1. The third kappa shape index (κ3) is 3.41. The number of benzene rings is 2. The van der Waals surface area contributed by atoms with Gasteiger partial charge in [0.25, 0.3) is 5.91 Å². The molecule has 124 valence electrons. The van der Waals surface area contributed by atoms with Gasteiger partial charge in [-0.3, -0.25) is 4.79 Å². The molecule has 0 atom stereocenters. The van der Waals surface area contributed by atoms with Gasteiger partial charge >= 0.3 is 0 Å². The summed E-state index contributed by atoms with van der Waals surface area (Å²) in [6.07, 6.45) is 0.961. The zero-order valence-corrected chi connectivity index (χ0v) is 15.7. The van der Waals surface area contributed by atoms with Crippen LogP contribution in [0.5, 0.6) is 0 Å². The van der Waals surface area contributed by atoms with E-state index in [1.165, 1.54) is 16.9 Å². The highest BCUT2D eigenvalue weighted by Gasteiger charge is 2.12. The lowest BCUT2D eigenvalue weighted by Crippen LogP contribution is -2.17. The molecule has 2 aromatic carbocycles. The number of aryl methyl sites for hydroxylation is 2. The first kappa shape index (κ1) is 17.2. The summed E-state index contributed by atoms with van der Waals surface area (Å²) in [5.74, 6) is -0.357. The van der Waals surface area contributed by atoms with Gasteiger partial charge in [0.1, 0.15) is 0 Å². The number of carbonyl (C=O) groups is 1. The third-order valence-electron chi connectivity index (χ3n) is 3.64. The Balaban J connectivity index is 2.14. The highest BCUT2D eigenvalue weighted by atomic mass is 35.5. The van der Waals surface area contributed by atoms with E-state index in [9.17, 15) is 4.79 Å².